The van der Waals surface area contributed by atoms with Crippen LogP contribution >= 0.6 is 0 Å². The number of likely N-dealkylation sites (tertiary alicyclic amines) is 1. The molecule has 4 rings (SSSR count). The van der Waals surface area contributed by atoms with Crippen molar-refractivity contribution >= 4 is 27.5 Å². The number of imide groups is 1. The molecule has 2 aromatic carbocycles. The van der Waals surface area contributed by atoms with Gasteiger partial charge in [-0.3, -0.25) is 18.8 Å². The van der Waals surface area contributed by atoms with Crippen LogP contribution in [0.25, 0.3) is 0 Å². The number of sulfonamides is 1. The number of benzene rings is 2. The summed E-state index contributed by atoms with van der Waals surface area (Å²) in [5.74, 6) is -0.521. The van der Waals surface area contributed by atoms with Crippen molar-refractivity contribution in [2.45, 2.75) is 44.0 Å². The van der Waals surface area contributed by atoms with Crippen LogP contribution in [0.2, 0.25) is 0 Å². The molecule has 2 fully saturated rings. The maximum Gasteiger partial charge on any atom is 0.268 e. The Morgan fingerprint density at radius 2 is 1.62 bits per heavy atom. The summed E-state index contributed by atoms with van der Waals surface area (Å²) in [6.07, 6.45) is 3.42. The van der Waals surface area contributed by atoms with E-state index >= 15 is 0 Å². The molecule has 0 N–H and O–H groups in total. The van der Waals surface area contributed by atoms with E-state index in [9.17, 15) is 18.0 Å². The van der Waals surface area contributed by atoms with Crippen molar-refractivity contribution in [3.63, 3.8) is 0 Å². The number of carbonyl (C=O) groups excluding carboxylic acids is 2. The summed E-state index contributed by atoms with van der Waals surface area (Å²) in [5.41, 5.74) is 1.13. The lowest BCUT2D eigenvalue weighted by Gasteiger charge is -2.24. The molecule has 0 aromatic heterocycles. The zero-order valence-electron chi connectivity index (χ0n) is 18.4. The lowest BCUT2D eigenvalue weighted by molar-refractivity contribution is -0.140. The summed E-state index contributed by atoms with van der Waals surface area (Å²) in [4.78, 5) is 27.0. The molecule has 1 aliphatic heterocycles. The van der Waals surface area contributed by atoms with Crippen LogP contribution in [0.15, 0.2) is 53.4 Å². The number of fused-ring (bicyclic) bond motifs is 1. The molecular weight excluding hydrogens is 428 g/mol. The number of hydrogen-bond acceptors (Lipinski definition) is 5. The minimum absolute atomic E-state index is 0.0136. The van der Waals surface area contributed by atoms with Gasteiger partial charge in [0.05, 0.1) is 31.2 Å². The predicted octanol–water partition coefficient (Wildman–Crippen LogP) is 3.59. The van der Waals surface area contributed by atoms with Crippen LogP contribution in [-0.4, -0.2) is 38.8 Å². The van der Waals surface area contributed by atoms with E-state index in [-0.39, 0.29) is 47.4 Å². The number of methoxy groups -OCH3 is 1. The van der Waals surface area contributed by atoms with E-state index in [2.05, 4.69) is 0 Å². The lowest BCUT2D eigenvalue weighted by Crippen LogP contribution is -2.32. The Morgan fingerprint density at radius 3 is 2.19 bits per heavy atom. The van der Waals surface area contributed by atoms with Gasteiger partial charge in [0.2, 0.25) is 11.8 Å². The molecule has 1 saturated carbocycles. The van der Waals surface area contributed by atoms with Crippen LogP contribution in [0.4, 0.5) is 5.69 Å². The molecule has 1 heterocycles. The third kappa shape index (κ3) is 3.88. The van der Waals surface area contributed by atoms with Crippen molar-refractivity contribution in [2.24, 2.45) is 11.8 Å². The quantitative estimate of drug-likeness (QED) is 0.595. The third-order valence-electron chi connectivity index (χ3n) is 6.40. The highest BCUT2D eigenvalue weighted by molar-refractivity contribution is 7.93. The van der Waals surface area contributed by atoms with Crippen molar-refractivity contribution in [1.82, 2.24) is 4.90 Å². The van der Waals surface area contributed by atoms with Gasteiger partial charge in [0.15, 0.2) is 0 Å². The van der Waals surface area contributed by atoms with Crippen LogP contribution in [0.1, 0.15) is 38.2 Å². The van der Waals surface area contributed by atoms with Gasteiger partial charge in [-0.25, -0.2) is 8.42 Å². The monoisotopic (exact) mass is 456 g/mol. The second-order valence-corrected chi connectivity index (χ2v) is 10.1. The third-order valence-corrected chi connectivity index (χ3v) is 8.32. The van der Waals surface area contributed by atoms with Gasteiger partial charge >= 0.3 is 0 Å². The Hall–Kier alpha value is -2.87. The first kappa shape index (κ1) is 22.3. The summed E-state index contributed by atoms with van der Waals surface area (Å²) in [5, 5.41) is 0. The standard InChI is InChI=1S/C24H28N2O5S/c1-3-26(18-9-5-4-6-10-18)32(29,30)22-15-17(13-14-21(22)31-2)16-25-23(27)19-11-7-8-12-20(19)24(25)28/h4-6,9-10,13-15,19-20H,3,7-8,11-12,16H2,1-2H3/t19-,20+. The van der Waals surface area contributed by atoms with Gasteiger partial charge in [0.1, 0.15) is 10.6 Å². The van der Waals surface area contributed by atoms with E-state index in [1.807, 2.05) is 6.07 Å². The summed E-state index contributed by atoms with van der Waals surface area (Å²) in [6.45, 7) is 2.07. The van der Waals surface area contributed by atoms with Crippen molar-refractivity contribution < 1.29 is 22.7 Å². The molecule has 0 spiro atoms. The Balaban J connectivity index is 1.67. The van der Waals surface area contributed by atoms with Crippen LogP contribution < -0.4 is 9.04 Å². The average Bonchev–Trinajstić information content (AvgIpc) is 3.05. The van der Waals surface area contributed by atoms with Gasteiger partial charge in [-0.1, -0.05) is 37.1 Å². The topological polar surface area (TPSA) is 84.0 Å². The Bertz CT molecular complexity index is 1090. The molecule has 1 saturated heterocycles. The minimum Gasteiger partial charge on any atom is -0.495 e. The van der Waals surface area contributed by atoms with Crippen molar-refractivity contribution in [1.29, 1.82) is 0 Å². The smallest absolute Gasteiger partial charge is 0.268 e. The molecule has 1 aliphatic carbocycles. The fourth-order valence-corrected chi connectivity index (χ4v) is 6.48. The zero-order chi connectivity index (χ0) is 22.9. The highest BCUT2D eigenvalue weighted by atomic mass is 32.2. The molecule has 2 aromatic rings. The predicted molar refractivity (Wildman–Crippen MR) is 121 cm³/mol. The maximum atomic E-state index is 13.6. The number of rotatable bonds is 7. The number of ether oxygens (including phenoxy) is 1. The largest absolute Gasteiger partial charge is 0.495 e. The molecular formula is C24H28N2O5S. The second kappa shape index (κ2) is 8.94. The number of nitrogens with zero attached hydrogens (tertiary/aromatic N) is 2. The molecule has 2 amide bonds. The average molecular weight is 457 g/mol. The van der Waals surface area contributed by atoms with Crippen LogP contribution in [0.5, 0.6) is 5.75 Å². The van der Waals surface area contributed by atoms with E-state index in [1.165, 1.54) is 22.4 Å². The van der Waals surface area contributed by atoms with Gasteiger partial charge in [-0.05, 0) is 49.6 Å². The van der Waals surface area contributed by atoms with E-state index in [4.69, 9.17) is 4.74 Å². The summed E-state index contributed by atoms with van der Waals surface area (Å²) in [6, 6.07) is 13.7. The highest BCUT2D eigenvalue weighted by Gasteiger charge is 2.48. The number of carbonyl (C=O) groups is 2. The lowest BCUT2D eigenvalue weighted by atomic mass is 9.81. The number of anilines is 1. The first-order chi connectivity index (χ1) is 15.4. The maximum absolute atomic E-state index is 13.6. The first-order valence-corrected chi connectivity index (χ1v) is 12.4. The normalized spacial score (nSPS) is 20.9. The Morgan fingerprint density at radius 1 is 1.00 bits per heavy atom. The van der Waals surface area contributed by atoms with Gasteiger partial charge in [0.25, 0.3) is 10.0 Å². The van der Waals surface area contributed by atoms with E-state index in [1.54, 1.807) is 43.3 Å². The van der Waals surface area contributed by atoms with Crippen molar-refractivity contribution in [2.75, 3.05) is 18.0 Å². The van der Waals surface area contributed by atoms with E-state index in [0.29, 0.717) is 11.3 Å². The molecule has 0 unspecified atom stereocenters. The summed E-state index contributed by atoms with van der Waals surface area (Å²) in [7, 11) is -2.51. The number of hydrogen-bond donors (Lipinski definition) is 0. The first-order valence-electron chi connectivity index (χ1n) is 11.0. The van der Waals surface area contributed by atoms with Crippen LogP contribution in [0, 0.1) is 11.8 Å². The summed E-state index contributed by atoms with van der Waals surface area (Å²) >= 11 is 0. The van der Waals surface area contributed by atoms with Gasteiger partial charge < -0.3 is 4.74 Å². The molecule has 32 heavy (non-hydrogen) atoms. The molecule has 0 radical (unpaired) electrons. The van der Waals surface area contributed by atoms with Gasteiger partial charge in [0, 0.05) is 6.54 Å². The molecule has 8 heteroatoms. The van der Waals surface area contributed by atoms with Gasteiger partial charge in [-0.2, -0.15) is 0 Å². The highest BCUT2D eigenvalue weighted by Crippen LogP contribution is 2.39. The molecule has 170 valence electrons. The van der Waals surface area contributed by atoms with Crippen LogP contribution in [-0.2, 0) is 26.2 Å². The molecule has 2 aliphatic rings. The van der Waals surface area contributed by atoms with Gasteiger partial charge in [-0.15, -0.1) is 0 Å². The number of amides is 2. The molecule has 0 bridgehead atoms. The fourth-order valence-electron chi connectivity index (χ4n) is 4.79. The summed E-state index contributed by atoms with van der Waals surface area (Å²) < 4.78 is 33.8. The Kier molecular flexibility index (Phi) is 6.24. The van der Waals surface area contributed by atoms with Crippen molar-refractivity contribution in [3.05, 3.63) is 54.1 Å². The minimum atomic E-state index is -3.93. The van der Waals surface area contributed by atoms with Crippen molar-refractivity contribution in [3.8, 4) is 5.75 Å². The zero-order valence-corrected chi connectivity index (χ0v) is 19.2. The van der Waals surface area contributed by atoms with E-state index in [0.717, 1.165) is 25.7 Å². The molecule has 2 atom stereocenters. The number of para-hydroxylation sites is 1. The van der Waals surface area contributed by atoms with Crippen LogP contribution in [0.3, 0.4) is 0 Å². The SMILES string of the molecule is CCN(c1ccccc1)S(=O)(=O)c1cc(CN2C(=O)[C@H]3CCCC[C@H]3C2=O)ccc1OC. The fraction of sp³-hybridized carbons (Fsp3) is 0.417. The second-order valence-electron chi connectivity index (χ2n) is 8.25. The van der Waals surface area contributed by atoms with E-state index < -0.39 is 10.0 Å². The Labute approximate surface area is 189 Å². The molecule has 7 nitrogen and oxygen atoms in total.